The van der Waals surface area contributed by atoms with Crippen LogP contribution in [0.3, 0.4) is 0 Å². The van der Waals surface area contributed by atoms with Crippen LogP contribution in [0.4, 0.5) is 0 Å². The highest BCUT2D eigenvalue weighted by molar-refractivity contribution is 7.20. The molecule has 124 valence electrons. The molecule has 0 atom stereocenters. The number of hydrogen-bond donors (Lipinski definition) is 1. The minimum Gasteiger partial charge on any atom is -0.351 e. The van der Waals surface area contributed by atoms with Crippen molar-refractivity contribution in [2.75, 3.05) is 6.54 Å². The molecule has 0 aliphatic carbocycles. The molecule has 2 heterocycles. The first kappa shape index (κ1) is 17.1. The average Bonchev–Trinajstić information content (AvgIpc) is 3.32. The number of hydrogen-bond acceptors (Lipinski definition) is 5. The van der Waals surface area contributed by atoms with Crippen LogP contribution in [0.15, 0.2) is 58.8 Å². The molecule has 0 bridgehead atoms. The lowest BCUT2D eigenvalue weighted by atomic mass is 10.1. The van der Waals surface area contributed by atoms with E-state index in [9.17, 15) is 10.1 Å². The Morgan fingerprint density at radius 3 is 2.76 bits per heavy atom. The van der Waals surface area contributed by atoms with Crippen LogP contribution in [-0.2, 0) is 11.2 Å². The Bertz CT molecular complexity index is 906. The van der Waals surface area contributed by atoms with Crippen molar-refractivity contribution in [1.29, 1.82) is 5.26 Å². The van der Waals surface area contributed by atoms with Crippen molar-refractivity contribution in [3.8, 4) is 16.0 Å². The molecule has 0 radical (unpaired) electrons. The molecular formula is C19H15N3OS2. The van der Waals surface area contributed by atoms with Gasteiger partial charge in [-0.2, -0.15) is 5.26 Å². The molecular weight excluding hydrogens is 350 g/mol. The largest absolute Gasteiger partial charge is 0.351 e. The molecule has 6 heteroatoms. The van der Waals surface area contributed by atoms with Gasteiger partial charge in [0.2, 0.25) is 0 Å². The van der Waals surface area contributed by atoms with Crippen LogP contribution in [0.25, 0.3) is 16.0 Å². The summed E-state index contributed by atoms with van der Waals surface area (Å²) in [4.78, 5) is 17.7. The van der Waals surface area contributed by atoms with E-state index in [0.29, 0.717) is 12.2 Å². The van der Waals surface area contributed by atoms with Crippen LogP contribution in [0.1, 0.15) is 11.3 Å². The molecule has 0 unspecified atom stereocenters. The van der Waals surface area contributed by atoms with Crippen LogP contribution in [0.5, 0.6) is 0 Å². The smallest absolute Gasteiger partial charge is 0.262 e. The Balaban J connectivity index is 1.62. The molecule has 0 aliphatic heterocycles. The van der Waals surface area contributed by atoms with Gasteiger partial charge in [-0.3, -0.25) is 4.79 Å². The number of thiophene rings is 1. The summed E-state index contributed by atoms with van der Waals surface area (Å²) in [6, 6.07) is 15.8. The third kappa shape index (κ3) is 4.63. The Morgan fingerprint density at radius 2 is 2.04 bits per heavy atom. The number of amides is 1. The van der Waals surface area contributed by atoms with Crippen LogP contribution < -0.4 is 5.32 Å². The third-order valence-electron chi connectivity index (χ3n) is 3.45. The summed E-state index contributed by atoms with van der Waals surface area (Å²) in [5.74, 6) is -0.371. The molecule has 0 saturated heterocycles. The zero-order chi connectivity index (χ0) is 17.5. The van der Waals surface area contributed by atoms with Gasteiger partial charge in [0.05, 0.1) is 10.6 Å². The van der Waals surface area contributed by atoms with Crippen LogP contribution in [0.2, 0.25) is 0 Å². The van der Waals surface area contributed by atoms with Crippen LogP contribution in [-0.4, -0.2) is 17.4 Å². The van der Waals surface area contributed by atoms with Gasteiger partial charge in [-0.05, 0) is 29.5 Å². The second-order valence-electron chi connectivity index (χ2n) is 5.22. The maximum Gasteiger partial charge on any atom is 0.262 e. The predicted molar refractivity (Wildman–Crippen MR) is 102 cm³/mol. The van der Waals surface area contributed by atoms with E-state index in [1.807, 2.05) is 59.3 Å². The van der Waals surface area contributed by atoms with Crippen molar-refractivity contribution < 1.29 is 4.79 Å². The topological polar surface area (TPSA) is 65.8 Å². The summed E-state index contributed by atoms with van der Waals surface area (Å²) < 4.78 is 0. The second kappa shape index (κ2) is 8.38. The summed E-state index contributed by atoms with van der Waals surface area (Å²) in [5.41, 5.74) is 1.84. The van der Waals surface area contributed by atoms with Gasteiger partial charge in [0.15, 0.2) is 0 Å². The number of rotatable bonds is 6. The van der Waals surface area contributed by atoms with Crippen LogP contribution >= 0.6 is 22.7 Å². The number of nitrogens with zero attached hydrogens (tertiary/aromatic N) is 2. The molecule has 0 fully saturated rings. The zero-order valence-corrected chi connectivity index (χ0v) is 14.9. The van der Waals surface area contributed by atoms with E-state index in [4.69, 9.17) is 0 Å². The van der Waals surface area contributed by atoms with Gasteiger partial charge in [-0.15, -0.1) is 22.7 Å². The Hall–Kier alpha value is -2.75. The van der Waals surface area contributed by atoms with E-state index in [2.05, 4.69) is 10.3 Å². The van der Waals surface area contributed by atoms with E-state index in [0.717, 1.165) is 21.9 Å². The molecule has 0 spiro atoms. The predicted octanol–water partition coefficient (Wildman–Crippen LogP) is 4.14. The van der Waals surface area contributed by atoms with Gasteiger partial charge < -0.3 is 5.32 Å². The first-order chi connectivity index (χ1) is 12.3. The normalized spacial score (nSPS) is 11.1. The Labute approximate surface area is 154 Å². The SMILES string of the molecule is N#CC(=Cc1csc(-c2cccs2)n1)C(=O)NCCc1ccccc1. The van der Waals surface area contributed by atoms with E-state index in [-0.39, 0.29) is 11.5 Å². The zero-order valence-electron chi connectivity index (χ0n) is 13.3. The fraction of sp³-hybridized carbons (Fsp3) is 0.105. The maximum atomic E-state index is 12.2. The monoisotopic (exact) mass is 365 g/mol. The van der Waals surface area contributed by atoms with E-state index in [1.54, 1.807) is 11.3 Å². The van der Waals surface area contributed by atoms with Crippen LogP contribution in [0, 0.1) is 11.3 Å². The third-order valence-corrected chi connectivity index (χ3v) is 5.35. The number of carbonyl (C=O) groups is 1. The number of carbonyl (C=O) groups excluding carboxylic acids is 1. The van der Waals surface area contributed by atoms with Gasteiger partial charge in [0.1, 0.15) is 16.6 Å². The molecule has 3 aromatic rings. The average molecular weight is 365 g/mol. The van der Waals surface area contributed by atoms with Gasteiger partial charge >= 0.3 is 0 Å². The fourth-order valence-electron chi connectivity index (χ4n) is 2.22. The van der Waals surface area contributed by atoms with Crippen molar-refractivity contribution in [1.82, 2.24) is 10.3 Å². The minimum absolute atomic E-state index is 0.0658. The molecule has 1 aromatic carbocycles. The number of thiazole rings is 1. The quantitative estimate of drug-likeness (QED) is 0.527. The van der Waals surface area contributed by atoms with Gasteiger partial charge in [0.25, 0.3) is 5.91 Å². The van der Waals surface area contributed by atoms with Gasteiger partial charge in [-0.1, -0.05) is 36.4 Å². The van der Waals surface area contributed by atoms with E-state index >= 15 is 0 Å². The standard InChI is InChI=1S/C19H15N3OS2/c20-12-15(18(23)21-9-8-14-5-2-1-3-6-14)11-16-13-25-19(22-16)17-7-4-10-24-17/h1-7,10-11,13H,8-9H2,(H,21,23). The summed E-state index contributed by atoms with van der Waals surface area (Å²) >= 11 is 3.11. The molecule has 25 heavy (non-hydrogen) atoms. The van der Waals surface area contributed by atoms with Gasteiger partial charge in [-0.25, -0.2) is 4.98 Å². The van der Waals surface area contributed by atoms with Gasteiger partial charge in [0, 0.05) is 11.9 Å². The Kier molecular flexibility index (Phi) is 5.73. The number of nitriles is 1. The lowest BCUT2D eigenvalue weighted by molar-refractivity contribution is -0.117. The lowest BCUT2D eigenvalue weighted by Gasteiger charge is -2.04. The number of aromatic nitrogens is 1. The first-order valence-electron chi connectivity index (χ1n) is 7.69. The van der Waals surface area contributed by atoms with Crippen molar-refractivity contribution >= 4 is 34.7 Å². The highest BCUT2D eigenvalue weighted by Gasteiger charge is 2.10. The first-order valence-corrected chi connectivity index (χ1v) is 9.45. The molecule has 2 aromatic heterocycles. The molecule has 3 rings (SSSR count). The number of benzene rings is 1. The fourth-order valence-corrected chi connectivity index (χ4v) is 3.81. The molecule has 4 nitrogen and oxygen atoms in total. The maximum absolute atomic E-state index is 12.2. The van der Waals surface area contributed by atoms with Crippen molar-refractivity contribution in [3.05, 3.63) is 70.1 Å². The van der Waals surface area contributed by atoms with Crippen molar-refractivity contribution in [2.24, 2.45) is 0 Å². The highest BCUT2D eigenvalue weighted by atomic mass is 32.1. The molecule has 0 aliphatic rings. The summed E-state index contributed by atoms with van der Waals surface area (Å²) in [5, 5.41) is 16.8. The van der Waals surface area contributed by atoms with E-state index in [1.165, 1.54) is 17.4 Å². The van der Waals surface area contributed by atoms with Crippen molar-refractivity contribution in [2.45, 2.75) is 6.42 Å². The lowest BCUT2D eigenvalue weighted by Crippen LogP contribution is -2.26. The number of nitrogens with one attached hydrogen (secondary N) is 1. The molecule has 1 N–H and O–H groups in total. The summed E-state index contributed by atoms with van der Waals surface area (Å²) in [6.07, 6.45) is 2.26. The highest BCUT2D eigenvalue weighted by Crippen LogP contribution is 2.28. The molecule has 0 saturated carbocycles. The second-order valence-corrected chi connectivity index (χ2v) is 7.02. The summed E-state index contributed by atoms with van der Waals surface area (Å²) in [6.45, 7) is 0.485. The van der Waals surface area contributed by atoms with E-state index < -0.39 is 0 Å². The summed E-state index contributed by atoms with van der Waals surface area (Å²) in [7, 11) is 0. The minimum atomic E-state index is -0.371. The molecule has 1 amide bonds. The van der Waals surface area contributed by atoms with Crippen molar-refractivity contribution in [3.63, 3.8) is 0 Å². The Morgan fingerprint density at radius 1 is 1.20 bits per heavy atom.